The molecule has 0 saturated heterocycles. The van der Waals surface area contributed by atoms with Gasteiger partial charge in [0.15, 0.2) is 12.0 Å². The lowest BCUT2D eigenvalue weighted by molar-refractivity contribution is -0.158. The number of carbonyl (C=O) groups is 1. The van der Waals surface area contributed by atoms with Crippen molar-refractivity contribution in [2.75, 3.05) is 41.0 Å². The van der Waals surface area contributed by atoms with E-state index in [1.165, 1.54) is 19.1 Å². The first-order valence-corrected chi connectivity index (χ1v) is 9.97. The maximum Gasteiger partial charge on any atom is 0.288 e. The molecule has 2 rings (SSSR count). The van der Waals surface area contributed by atoms with Crippen LogP contribution < -0.4 is 0 Å². The largest absolute Gasteiger partial charge is 0.459 e. The Hall–Kier alpha value is -1.45. The van der Waals surface area contributed by atoms with E-state index in [1.807, 2.05) is 11.5 Å². The minimum Gasteiger partial charge on any atom is -0.459 e. The summed E-state index contributed by atoms with van der Waals surface area (Å²) in [6.45, 7) is 0.910. The smallest absolute Gasteiger partial charge is 0.288 e. The van der Waals surface area contributed by atoms with E-state index < -0.39 is 12.6 Å². The molecular weight excluding hydrogens is 370 g/mol. The number of amides is 1. The molecule has 0 radical (unpaired) electrons. The molecule has 0 saturated carbocycles. The van der Waals surface area contributed by atoms with Crippen LogP contribution in [0.15, 0.2) is 28.7 Å². The fraction of sp³-hybridized carbons (Fsp3) is 0.632. The summed E-state index contributed by atoms with van der Waals surface area (Å²) in [5.41, 5.74) is 1.15. The molecule has 0 unspecified atom stereocenters. The average Bonchev–Trinajstić information content (AvgIpc) is 3.23. The van der Waals surface area contributed by atoms with Crippen LogP contribution in [0.1, 0.15) is 30.7 Å². The Labute approximate surface area is 164 Å². The zero-order valence-electron chi connectivity index (χ0n) is 16.1. The molecule has 1 aromatic heterocycles. The van der Waals surface area contributed by atoms with Gasteiger partial charge in [0.25, 0.3) is 5.91 Å². The summed E-state index contributed by atoms with van der Waals surface area (Å²) in [6.07, 6.45) is 2.95. The number of methoxy groups -OCH3 is 2. The summed E-state index contributed by atoms with van der Waals surface area (Å²) < 4.78 is 22.0. The van der Waals surface area contributed by atoms with Crippen molar-refractivity contribution in [2.24, 2.45) is 0 Å². The van der Waals surface area contributed by atoms with Crippen LogP contribution in [0.3, 0.4) is 0 Å². The highest BCUT2D eigenvalue weighted by molar-refractivity contribution is 7.08. The second-order valence-corrected chi connectivity index (χ2v) is 7.15. The number of thiophene rings is 1. The molecule has 1 N–H and O–H groups in total. The van der Waals surface area contributed by atoms with E-state index in [1.54, 1.807) is 18.4 Å². The van der Waals surface area contributed by atoms with Crippen LogP contribution in [-0.2, 0) is 23.7 Å². The van der Waals surface area contributed by atoms with E-state index in [-0.39, 0.29) is 30.7 Å². The highest BCUT2D eigenvalue weighted by Gasteiger charge is 2.30. The van der Waals surface area contributed by atoms with Gasteiger partial charge in [-0.05, 0) is 41.3 Å². The van der Waals surface area contributed by atoms with E-state index in [4.69, 9.17) is 24.1 Å². The number of aliphatic hydroxyl groups excluding tert-OH is 1. The van der Waals surface area contributed by atoms with Crippen LogP contribution in [0.2, 0.25) is 0 Å². The molecule has 0 aliphatic carbocycles. The molecule has 0 bridgehead atoms. The van der Waals surface area contributed by atoms with Gasteiger partial charge in [-0.1, -0.05) is 0 Å². The van der Waals surface area contributed by atoms with Crippen molar-refractivity contribution in [2.45, 2.75) is 37.8 Å². The van der Waals surface area contributed by atoms with Gasteiger partial charge in [0.05, 0.1) is 13.2 Å². The number of aliphatic hydroxyl groups is 1. The molecule has 8 heteroatoms. The van der Waals surface area contributed by atoms with Gasteiger partial charge in [-0.25, -0.2) is 0 Å². The maximum absolute atomic E-state index is 12.8. The Morgan fingerprint density at radius 2 is 2.19 bits per heavy atom. The topological polar surface area (TPSA) is 77.5 Å². The minimum atomic E-state index is -0.499. The number of hydrogen-bond donors (Lipinski definition) is 1. The van der Waals surface area contributed by atoms with Crippen molar-refractivity contribution < 1.29 is 28.8 Å². The predicted molar refractivity (Wildman–Crippen MR) is 102 cm³/mol. The molecule has 1 aliphatic rings. The second-order valence-electron chi connectivity index (χ2n) is 6.37. The molecule has 1 amide bonds. The lowest BCUT2D eigenvalue weighted by Gasteiger charge is -2.31. The fourth-order valence-corrected chi connectivity index (χ4v) is 3.52. The second kappa shape index (κ2) is 11.4. The Balaban J connectivity index is 2.07. The van der Waals surface area contributed by atoms with Crippen molar-refractivity contribution in [3.63, 3.8) is 0 Å². The number of ether oxygens (including phenoxy) is 4. The zero-order chi connectivity index (χ0) is 19.6. The third-order valence-electron chi connectivity index (χ3n) is 4.39. The summed E-state index contributed by atoms with van der Waals surface area (Å²) >= 11 is 1.62. The highest BCUT2D eigenvalue weighted by Crippen LogP contribution is 2.33. The number of rotatable bonds is 11. The molecule has 0 spiro atoms. The molecule has 0 aromatic carbocycles. The first-order chi connectivity index (χ1) is 13.1. The van der Waals surface area contributed by atoms with Crippen molar-refractivity contribution in [3.05, 3.63) is 34.2 Å². The molecule has 2 atom stereocenters. The van der Waals surface area contributed by atoms with Crippen molar-refractivity contribution in [1.82, 2.24) is 4.90 Å². The summed E-state index contributed by atoms with van der Waals surface area (Å²) in [7, 11) is 4.75. The molecule has 27 heavy (non-hydrogen) atoms. The van der Waals surface area contributed by atoms with Crippen molar-refractivity contribution >= 4 is 17.2 Å². The highest BCUT2D eigenvalue weighted by atomic mass is 32.1. The van der Waals surface area contributed by atoms with Gasteiger partial charge in [0, 0.05) is 40.2 Å². The summed E-state index contributed by atoms with van der Waals surface area (Å²) in [4.78, 5) is 14.4. The molecule has 1 aliphatic heterocycles. The van der Waals surface area contributed by atoms with Crippen LogP contribution in [0.25, 0.3) is 0 Å². The van der Waals surface area contributed by atoms with Crippen molar-refractivity contribution in [3.8, 4) is 0 Å². The normalized spacial score (nSPS) is 19.7. The van der Waals surface area contributed by atoms with Crippen LogP contribution in [0, 0.1) is 0 Å². The number of likely N-dealkylation sites (N-methyl/N-ethyl adjacent to an activating group) is 1. The van der Waals surface area contributed by atoms with Gasteiger partial charge in [-0.2, -0.15) is 11.3 Å². The molecule has 0 fully saturated rings. The van der Waals surface area contributed by atoms with Gasteiger partial charge < -0.3 is 29.0 Å². The minimum absolute atomic E-state index is 0.0563. The van der Waals surface area contributed by atoms with Gasteiger partial charge in [0.1, 0.15) is 0 Å². The third kappa shape index (κ3) is 6.58. The Morgan fingerprint density at radius 3 is 2.81 bits per heavy atom. The van der Waals surface area contributed by atoms with E-state index in [0.717, 1.165) is 12.0 Å². The molecule has 2 heterocycles. The fourth-order valence-electron chi connectivity index (χ4n) is 2.80. The van der Waals surface area contributed by atoms with E-state index in [0.29, 0.717) is 19.4 Å². The van der Waals surface area contributed by atoms with E-state index in [2.05, 4.69) is 11.4 Å². The maximum atomic E-state index is 12.8. The molecular formula is C19H29NO6S. The van der Waals surface area contributed by atoms with E-state index >= 15 is 0 Å². The third-order valence-corrected chi connectivity index (χ3v) is 5.09. The van der Waals surface area contributed by atoms with Crippen LogP contribution in [0.5, 0.6) is 0 Å². The zero-order valence-corrected chi connectivity index (χ0v) is 16.9. The predicted octanol–water partition coefficient (Wildman–Crippen LogP) is 2.33. The number of nitrogens with zero attached hydrogens (tertiary/aromatic N) is 1. The summed E-state index contributed by atoms with van der Waals surface area (Å²) in [6, 6.07) is 2.05. The van der Waals surface area contributed by atoms with E-state index in [9.17, 15) is 4.79 Å². The SMILES string of the molecule is COC(CN(C)C(=O)C1=C[C@H](c2ccsc2)C[C@H](OCCCCO)O1)OC. The molecule has 152 valence electrons. The summed E-state index contributed by atoms with van der Waals surface area (Å²) in [5.74, 6) is 0.0943. The first kappa shape index (κ1) is 21.8. The first-order valence-electron chi connectivity index (χ1n) is 9.03. The van der Waals surface area contributed by atoms with Gasteiger partial charge in [-0.15, -0.1) is 0 Å². The quantitative estimate of drug-likeness (QED) is 0.455. The van der Waals surface area contributed by atoms with Crippen LogP contribution in [0.4, 0.5) is 0 Å². The Kier molecular flexibility index (Phi) is 9.23. The molecule has 1 aromatic rings. The Bertz CT molecular complexity index is 587. The number of carbonyl (C=O) groups excluding carboxylic acids is 1. The average molecular weight is 400 g/mol. The summed E-state index contributed by atoms with van der Waals surface area (Å²) in [5, 5.41) is 13.0. The van der Waals surface area contributed by atoms with Crippen LogP contribution in [-0.4, -0.2) is 69.5 Å². The number of hydrogen-bond acceptors (Lipinski definition) is 7. The Morgan fingerprint density at radius 1 is 1.41 bits per heavy atom. The molecule has 7 nitrogen and oxygen atoms in total. The van der Waals surface area contributed by atoms with Crippen molar-refractivity contribution in [1.29, 1.82) is 0 Å². The van der Waals surface area contributed by atoms with Crippen LogP contribution >= 0.6 is 11.3 Å². The standard InChI is InChI=1S/C19H29NO6S/c1-20(12-18(23-2)24-3)19(22)16-10-15(14-6-9-27-13-14)11-17(26-16)25-8-5-4-7-21/h6,9-10,13,15,17-18,21H,4-5,7-8,11-12H2,1-3H3/t15-,17+/m0/s1. The van der Waals surface area contributed by atoms with Gasteiger partial charge >= 0.3 is 0 Å². The van der Waals surface area contributed by atoms with Gasteiger partial charge in [0.2, 0.25) is 6.29 Å². The lowest BCUT2D eigenvalue weighted by Crippen LogP contribution is -2.39. The number of allylic oxidation sites excluding steroid dienone is 1. The lowest BCUT2D eigenvalue weighted by atomic mass is 9.95. The monoisotopic (exact) mass is 399 g/mol. The van der Waals surface area contributed by atoms with Gasteiger partial charge in [-0.3, -0.25) is 4.79 Å². The number of unbranched alkanes of at least 4 members (excludes halogenated alkanes) is 1.